The molecule has 2 amide bonds. The van der Waals surface area contributed by atoms with Gasteiger partial charge in [-0.25, -0.2) is 4.79 Å². The number of hydrogen-bond acceptors (Lipinski definition) is 10. The van der Waals surface area contributed by atoms with Crippen molar-refractivity contribution in [3.05, 3.63) is 47.7 Å². The Bertz CT molecular complexity index is 1250. The summed E-state index contributed by atoms with van der Waals surface area (Å²) in [6.07, 6.45) is 2.40. The lowest BCUT2D eigenvalue weighted by Crippen LogP contribution is -2.53. The summed E-state index contributed by atoms with van der Waals surface area (Å²) in [6.45, 7) is 6.91. The van der Waals surface area contributed by atoms with Crippen molar-refractivity contribution in [3.63, 3.8) is 0 Å². The zero-order chi connectivity index (χ0) is 28.7. The van der Waals surface area contributed by atoms with Gasteiger partial charge in [-0.2, -0.15) is 5.26 Å². The average molecular weight is 554 g/mol. The zero-order valence-electron chi connectivity index (χ0n) is 22.7. The molecule has 1 aromatic carbocycles. The second-order valence-electron chi connectivity index (χ2n) is 10.4. The molecule has 2 aliphatic heterocycles. The van der Waals surface area contributed by atoms with Crippen LogP contribution in [0.2, 0.25) is 0 Å². The van der Waals surface area contributed by atoms with Crippen LogP contribution in [0.3, 0.4) is 0 Å². The Morgan fingerprint density at radius 2 is 1.95 bits per heavy atom. The summed E-state index contributed by atoms with van der Waals surface area (Å²) in [5.41, 5.74) is 0.807. The molecule has 2 aliphatic rings. The van der Waals surface area contributed by atoms with Crippen molar-refractivity contribution >= 4 is 30.1 Å². The zero-order valence-corrected chi connectivity index (χ0v) is 22.7. The first-order valence-electron chi connectivity index (χ1n) is 13.3. The number of furan rings is 1. The van der Waals surface area contributed by atoms with E-state index in [0.717, 1.165) is 5.39 Å². The molecule has 0 spiro atoms. The van der Waals surface area contributed by atoms with Crippen molar-refractivity contribution in [2.45, 2.75) is 37.8 Å². The van der Waals surface area contributed by atoms with E-state index in [9.17, 15) is 24.9 Å². The molecule has 12 nitrogen and oxygen atoms in total. The normalized spacial score (nSPS) is 19.6. The molecule has 0 radical (unpaired) electrons. The van der Waals surface area contributed by atoms with Gasteiger partial charge in [0.2, 0.25) is 0 Å². The number of nitrogens with zero attached hydrogens (tertiary/aromatic N) is 3. The van der Waals surface area contributed by atoms with E-state index in [1.807, 2.05) is 38.1 Å². The topological polar surface area (TPSA) is 158 Å². The lowest BCUT2D eigenvalue weighted by Gasteiger charge is -2.39. The Hall–Kier alpha value is -3.41. The lowest BCUT2D eigenvalue weighted by atomic mass is 9.76. The average Bonchev–Trinajstić information content (AvgIpc) is 3.37. The molecule has 2 saturated heterocycles. The van der Waals surface area contributed by atoms with Crippen molar-refractivity contribution in [3.8, 4) is 6.07 Å². The number of morpholine rings is 2. The molecule has 3 heterocycles. The molecule has 1 aromatic heterocycles. The summed E-state index contributed by atoms with van der Waals surface area (Å²) in [6, 6.07) is 8.72. The van der Waals surface area contributed by atoms with Crippen LogP contribution in [0.25, 0.3) is 11.0 Å². The number of carbonyl (C=O) groups excluding carboxylic acids is 2. The highest BCUT2D eigenvalue weighted by atomic mass is 16.6. The molecule has 0 bridgehead atoms. The number of benzene rings is 1. The minimum atomic E-state index is -1.85. The number of carbonyl (C=O) groups is 2. The summed E-state index contributed by atoms with van der Waals surface area (Å²) in [4.78, 5) is 29.7. The molecule has 214 valence electrons. The van der Waals surface area contributed by atoms with Gasteiger partial charge in [-0.1, -0.05) is 18.2 Å². The highest BCUT2D eigenvalue weighted by molar-refractivity contribution is 6.43. The first kappa shape index (κ1) is 29.6. The van der Waals surface area contributed by atoms with Crippen LogP contribution in [-0.2, 0) is 25.4 Å². The third kappa shape index (κ3) is 7.21. The van der Waals surface area contributed by atoms with Crippen LogP contribution in [0.4, 0.5) is 4.79 Å². The number of alkyl carbamates (subject to hydrolysis) is 1. The molecule has 3 N–H and O–H groups in total. The van der Waals surface area contributed by atoms with Crippen molar-refractivity contribution in [1.29, 1.82) is 5.26 Å². The third-order valence-corrected chi connectivity index (χ3v) is 7.23. The van der Waals surface area contributed by atoms with Crippen LogP contribution < -0.4 is 5.32 Å². The molecule has 0 aliphatic carbocycles. The summed E-state index contributed by atoms with van der Waals surface area (Å²) < 4.78 is 21.8. The van der Waals surface area contributed by atoms with Crippen LogP contribution in [0.15, 0.2) is 46.6 Å². The van der Waals surface area contributed by atoms with E-state index < -0.39 is 36.6 Å². The molecule has 2 atom stereocenters. The van der Waals surface area contributed by atoms with Crippen molar-refractivity contribution in [2.24, 2.45) is 0 Å². The van der Waals surface area contributed by atoms with Crippen molar-refractivity contribution < 1.29 is 38.3 Å². The number of nitriles is 1. The van der Waals surface area contributed by atoms with E-state index in [1.54, 1.807) is 12.1 Å². The van der Waals surface area contributed by atoms with Gasteiger partial charge >= 0.3 is 13.2 Å². The molecule has 13 heteroatoms. The van der Waals surface area contributed by atoms with Crippen LogP contribution in [0.5, 0.6) is 0 Å². The standard InChI is InChI=1S/C27H35BN4O8/c1-27(2,31-7-10-37-11-8-31)14-20(15-29)25(33)32-9-12-38-17-21(32)18-40-26(34)30-24(28(35)36)13-19-16-39-23-6-4-3-5-22(19)23/h3-6,14,16,21,24,35-36H,7-13,17-18H2,1-2H3,(H,30,34)/t21-,24+/m1/s1. The van der Waals surface area contributed by atoms with E-state index in [4.69, 9.17) is 18.6 Å². The Morgan fingerprint density at radius 1 is 1.23 bits per heavy atom. The number of amides is 2. The smallest absolute Gasteiger partial charge is 0.464 e. The Kier molecular flexibility index (Phi) is 9.83. The van der Waals surface area contributed by atoms with Gasteiger partial charge in [0.15, 0.2) is 0 Å². The molecule has 4 rings (SSSR count). The van der Waals surface area contributed by atoms with E-state index >= 15 is 0 Å². The molecule has 2 aromatic rings. The lowest BCUT2D eigenvalue weighted by molar-refractivity contribution is -0.137. The van der Waals surface area contributed by atoms with Gasteiger partial charge in [0, 0.05) is 30.6 Å². The minimum absolute atomic E-state index is 0.00338. The number of fused-ring (bicyclic) bond motifs is 1. The van der Waals surface area contributed by atoms with Crippen LogP contribution in [0, 0.1) is 11.3 Å². The van der Waals surface area contributed by atoms with Crippen LogP contribution in [-0.4, -0.2) is 109 Å². The van der Waals surface area contributed by atoms with Gasteiger partial charge in [-0.15, -0.1) is 0 Å². The van der Waals surface area contributed by atoms with E-state index in [0.29, 0.717) is 37.4 Å². The molecular weight excluding hydrogens is 519 g/mol. The van der Waals surface area contributed by atoms with Crippen LogP contribution in [0.1, 0.15) is 19.4 Å². The summed E-state index contributed by atoms with van der Waals surface area (Å²) in [5, 5.41) is 32.9. The van der Waals surface area contributed by atoms with Crippen molar-refractivity contribution in [1.82, 2.24) is 15.1 Å². The number of hydrogen-bond donors (Lipinski definition) is 3. The fraction of sp³-hybridized carbons (Fsp3) is 0.519. The second-order valence-corrected chi connectivity index (χ2v) is 10.4. The first-order chi connectivity index (χ1) is 19.2. The largest absolute Gasteiger partial charge is 0.475 e. The quantitative estimate of drug-likeness (QED) is 0.231. The van der Waals surface area contributed by atoms with Gasteiger partial charge in [0.1, 0.15) is 23.8 Å². The fourth-order valence-electron chi connectivity index (χ4n) is 4.96. The maximum absolute atomic E-state index is 13.4. The number of ether oxygens (including phenoxy) is 3. The molecule has 0 unspecified atom stereocenters. The summed E-state index contributed by atoms with van der Waals surface area (Å²) in [5.74, 6) is -1.53. The van der Waals surface area contributed by atoms with E-state index in [1.165, 1.54) is 11.2 Å². The summed E-state index contributed by atoms with van der Waals surface area (Å²) in [7, 11) is -1.85. The highest BCUT2D eigenvalue weighted by Crippen LogP contribution is 2.23. The second kappa shape index (κ2) is 13.3. The predicted molar refractivity (Wildman–Crippen MR) is 145 cm³/mol. The number of para-hydroxylation sites is 1. The number of rotatable bonds is 9. The van der Waals surface area contributed by atoms with Gasteiger partial charge in [0.25, 0.3) is 5.91 Å². The first-order valence-corrected chi connectivity index (χ1v) is 13.3. The van der Waals surface area contributed by atoms with Crippen LogP contribution >= 0.6 is 0 Å². The Balaban J connectivity index is 1.37. The third-order valence-electron chi connectivity index (χ3n) is 7.23. The Morgan fingerprint density at radius 3 is 2.67 bits per heavy atom. The molecule has 2 fully saturated rings. The van der Waals surface area contributed by atoms with Gasteiger partial charge in [-0.3, -0.25) is 9.69 Å². The molecular formula is C27H35BN4O8. The predicted octanol–water partition coefficient (Wildman–Crippen LogP) is 0.870. The van der Waals surface area contributed by atoms with E-state index in [2.05, 4.69) is 10.2 Å². The van der Waals surface area contributed by atoms with E-state index in [-0.39, 0.29) is 38.4 Å². The highest BCUT2D eigenvalue weighted by Gasteiger charge is 2.34. The molecule has 40 heavy (non-hydrogen) atoms. The maximum Gasteiger partial charge on any atom is 0.475 e. The fourth-order valence-corrected chi connectivity index (χ4v) is 4.96. The monoisotopic (exact) mass is 554 g/mol. The maximum atomic E-state index is 13.4. The minimum Gasteiger partial charge on any atom is -0.464 e. The Labute approximate surface area is 233 Å². The molecule has 0 saturated carbocycles. The van der Waals surface area contributed by atoms with Gasteiger partial charge in [-0.05, 0) is 38.0 Å². The SMILES string of the molecule is CC(C)(C=C(C#N)C(=O)N1CCOC[C@@H]1COC(=O)N[C@@H](Cc1coc2ccccc12)B(O)O)N1CCOCC1. The number of nitrogens with one attached hydrogen (secondary N) is 1. The van der Waals surface area contributed by atoms with Crippen molar-refractivity contribution in [2.75, 3.05) is 52.7 Å². The summed E-state index contributed by atoms with van der Waals surface area (Å²) >= 11 is 0. The van der Waals surface area contributed by atoms with Gasteiger partial charge < -0.3 is 38.9 Å². The van der Waals surface area contributed by atoms with Gasteiger partial charge in [0.05, 0.1) is 44.7 Å².